The van der Waals surface area contributed by atoms with Crippen LogP contribution < -0.4 is 0 Å². The van der Waals surface area contributed by atoms with Crippen molar-refractivity contribution in [3.8, 4) is 16.8 Å². The van der Waals surface area contributed by atoms with E-state index in [1.165, 1.54) is 6.07 Å². The van der Waals surface area contributed by atoms with E-state index >= 15 is 0 Å². The minimum absolute atomic E-state index is 0.175. The number of hydrogen-bond acceptors (Lipinski definition) is 4. The first-order chi connectivity index (χ1) is 14.8. The number of imidazole rings is 1. The molecule has 2 heterocycles. The van der Waals surface area contributed by atoms with E-state index in [1.807, 2.05) is 31.2 Å². The fraction of sp³-hybridized carbons (Fsp3) is 0.200. The van der Waals surface area contributed by atoms with Crippen molar-refractivity contribution in [3.05, 3.63) is 76.7 Å². The number of aliphatic carboxylic acids is 1. The van der Waals surface area contributed by atoms with Crippen molar-refractivity contribution in [3.63, 3.8) is 0 Å². The van der Waals surface area contributed by atoms with Crippen molar-refractivity contribution in [1.29, 1.82) is 0 Å². The van der Waals surface area contributed by atoms with Crippen LogP contribution in [0.25, 0.3) is 28.0 Å². The van der Waals surface area contributed by atoms with Gasteiger partial charge in [-0.1, -0.05) is 43.3 Å². The first-order valence-corrected chi connectivity index (χ1v) is 10.2. The summed E-state index contributed by atoms with van der Waals surface area (Å²) in [5, 5.41) is 9.13. The summed E-state index contributed by atoms with van der Waals surface area (Å²) in [5.74, 6) is -1.46. The van der Waals surface area contributed by atoms with Crippen molar-refractivity contribution in [2.24, 2.45) is 0 Å². The number of nitrogens with zero attached hydrogens (tertiary/aromatic N) is 3. The van der Waals surface area contributed by atoms with Crippen LogP contribution in [-0.4, -0.2) is 31.4 Å². The zero-order valence-electron chi connectivity index (χ0n) is 17.9. The van der Waals surface area contributed by atoms with E-state index in [-0.39, 0.29) is 5.56 Å². The van der Waals surface area contributed by atoms with Gasteiger partial charge in [0.2, 0.25) is 0 Å². The molecular formula is C25H23N3O3. The van der Waals surface area contributed by atoms with E-state index in [0.29, 0.717) is 5.56 Å². The number of aromatic nitrogens is 3. The molecule has 6 heteroatoms. The summed E-state index contributed by atoms with van der Waals surface area (Å²) >= 11 is 0. The van der Waals surface area contributed by atoms with Gasteiger partial charge in [0.25, 0.3) is 5.78 Å². The van der Waals surface area contributed by atoms with Crippen LogP contribution in [0, 0.1) is 20.8 Å². The number of carbonyl (C=O) groups is 2. The van der Waals surface area contributed by atoms with Crippen LogP contribution in [0.1, 0.15) is 39.9 Å². The van der Waals surface area contributed by atoms with Crippen molar-refractivity contribution in [2.45, 2.75) is 34.1 Å². The van der Waals surface area contributed by atoms with Crippen molar-refractivity contribution < 1.29 is 14.7 Å². The fourth-order valence-corrected chi connectivity index (χ4v) is 3.85. The molecule has 0 radical (unpaired) electrons. The number of aryl methyl sites for hydroxylation is 3. The maximum Gasteiger partial charge on any atom is 0.377 e. The molecule has 6 nitrogen and oxygen atoms in total. The smallest absolute Gasteiger partial charge is 0.377 e. The third kappa shape index (κ3) is 3.40. The summed E-state index contributed by atoms with van der Waals surface area (Å²) in [5.41, 5.74) is 7.44. The van der Waals surface area contributed by atoms with Crippen molar-refractivity contribution in [2.75, 3.05) is 0 Å². The van der Waals surface area contributed by atoms with Crippen LogP contribution in [0.3, 0.4) is 0 Å². The summed E-state index contributed by atoms with van der Waals surface area (Å²) in [6, 6.07) is 14.4. The Morgan fingerprint density at radius 2 is 1.61 bits per heavy atom. The van der Waals surface area contributed by atoms with Crippen molar-refractivity contribution >= 4 is 22.9 Å². The highest BCUT2D eigenvalue weighted by Gasteiger charge is 2.20. The van der Waals surface area contributed by atoms with Gasteiger partial charge in [-0.2, -0.15) is 0 Å². The zero-order valence-corrected chi connectivity index (χ0v) is 17.9. The molecule has 0 fully saturated rings. The molecule has 1 N–H and O–H groups in total. The highest BCUT2D eigenvalue weighted by Crippen LogP contribution is 2.29. The predicted octanol–water partition coefficient (Wildman–Crippen LogP) is 4.84. The van der Waals surface area contributed by atoms with Crippen LogP contribution >= 0.6 is 0 Å². The van der Waals surface area contributed by atoms with Gasteiger partial charge in [-0.25, -0.2) is 14.8 Å². The monoisotopic (exact) mass is 413 g/mol. The first kappa shape index (κ1) is 20.5. The highest BCUT2D eigenvalue weighted by atomic mass is 16.4. The second kappa shape index (κ2) is 7.80. The Morgan fingerprint density at radius 3 is 2.26 bits per heavy atom. The molecule has 31 heavy (non-hydrogen) atoms. The molecule has 0 bridgehead atoms. The van der Waals surface area contributed by atoms with Crippen molar-refractivity contribution in [1.82, 2.24) is 14.5 Å². The average molecular weight is 413 g/mol. The molecule has 0 atom stereocenters. The van der Waals surface area contributed by atoms with Gasteiger partial charge in [0.15, 0.2) is 5.65 Å². The van der Waals surface area contributed by atoms with E-state index in [9.17, 15) is 9.59 Å². The second-order valence-electron chi connectivity index (χ2n) is 7.56. The standard InChI is InChI=1S/C25H23N3O3/c1-5-21-27-22-15(3)14(2)16(4)26-24(22)28(21)18-12-10-17(11-13-18)19-8-6-7-9-20(19)23(29)25(30)31/h6-13H,5H2,1-4H3,(H,30,31). The number of fused-ring (bicyclic) bond motifs is 1. The number of Topliss-reactive ketones (excluding diaryl/α,β-unsaturated/α-hetero) is 1. The van der Waals surface area contributed by atoms with Crippen LogP contribution in [0.15, 0.2) is 48.5 Å². The number of hydrogen-bond donors (Lipinski definition) is 1. The minimum atomic E-state index is -1.46. The van der Waals surface area contributed by atoms with Gasteiger partial charge in [0.1, 0.15) is 11.3 Å². The number of rotatable bonds is 5. The normalized spacial score (nSPS) is 11.1. The number of ketones is 1. The number of benzene rings is 2. The Labute approximate surface area is 180 Å². The van der Waals surface area contributed by atoms with Gasteiger partial charge in [-0.05, 0) is 55.2 Å². The summed E-state index contributed by atoms with van der Waals surface area (Å²) < 4.78 is 2.06. The summed E-state index contributed by atoms with van der Waals surface area (Å²) in [4.78, 5) is 32.9. The highest BCUT2D eigenvalue weighted by molar-refractivity contribution is 6.41. The summed E-state index contributed by atoms with van der Waals surface area (Å²) in [6.45, 7) is 8.20. The Balaban J connectivity index is 1.85. The maximum atomic E-state index is 12.1. The number of carboxylic acid groups (broad SMARTS) is 1. The van der Waals surface area contributed by atoms with Gasteiger partial charge in [0, 0.05) is 23.4 Å². The van der Waals surface area contributed by atoms with E-state index in [2.05, 4.69) is 25.3 Å². The lowest BCUT2D eigenvalue weighted by Gasteiger charge is -2.11. The zero-order chi connectivity index (χ0) is 22.3. The quantitative estimate of drug-likeness (QED) is 0.374. The summed E-state index contributed by atoms with van der Waals surface area (Å²) in [6.07, 6.45) is 0.756. The largest absolute Gasteiger partial charge is 0.475 e. The Bertz CT molecular complexity index is 1330. The Hall–Kier alpha value is -3.80. The molecule has 0 aliphatic rings. The van der Waals surface area contributed by atoms with Crippen LogP contribution in [0.5, 0.6) is 0 Å². The molecule has 2 aromatic heterocycles. The topological polar surface area (TPSA) is 85.1 Å². The molecule has 0 aliphatic carbocycles. The minimum Gasteiger partial charge on any atom is -0.475 e. The lowest BCUT2D eigenvalue weighted by molar-refractivity contribution is -0.131. The van der Waals surface area contributed by atoms with Gasteiger partial charge < -0.3 is 5.11 Å². The molecule has 0 amide bonds. The number of carbonyl (C=O) groups excluding carboxylic acids is 1. The van der Waals surface area contributed by atoms with Crippen LogP contribution in [-0.2, 0) is 11.2 Å². The molecule has 0 spiro atoms. The lowest BCUT2D eigenvalue weighted by Crippen LogP contribution is -2.13. The fourth-order valence-electron chi connectivity index (χ4n) is 3.85. The van der Waals surface area contributed by atoms with Gasteiger partial charge in [0.05, 0.1) is 0 Å². The lowest BCUT2D eigenvalue weighted by atomic mass is 9.97. The van der Waals surface area contributed by atoms with Gasteiger partial charge in [-0.15, -0.1) is 0 Å². The molecule has 2 aromatic carbocycles. The molecule has 156 valence electrons. The molecule has 0 saturated carbocycles. The third-order valence-corrected chi connectivity index (χ3v) is 5.78. The Morgan fingerprint density at radius 1 is 0.935 bits per heavy atom. The molecule has 0 saturated heterocycles. The number of carboxylic acids is 1. The van der Waals surface area contributed by atoms with E-state index in [1.54, 1.807) is 18.2 Å². The molecular weight excluding hydrogens is 390 g/mol. The maximum absolute atomic E-state index is 12.1. The third-order valence-electron chi connectivity index (χ3n) is 5.78. The predicted molar refractivity (Wildman–Crippen MR) is 120 cm³/mol. The molecule has 4 aromatic rings. The average Bonchev–Trinajstić information content (AvgIpc) is 3.15. The molecule has 0 aliphatic heterocycles. The molecule has 0 unspecified atom stereocenters. The Kier molecular flexibility index (Phi) is 5.15. The van der Waals surface area contributed by atoms with Crippen LogP contribution in [0.2, 0.25) is 0 Å². The number of pyridine rings is 1. The van der Waals surface area contributed by atoms with E-state index < -0.39 is 11.8 Å². The van der Waals surface area contributed by atoms with E-state index in [0.717, 1.165) is 51.5 Å². The SMILES string of the molecule is CCc1nc2c(C)c(C)c(C)nc2n1-c1ccc(-c2ccccc2C(=O)C(=O)O)cc1. The van der Waals surface area contributed by atoms with E-state index in [4.69, 9.17) is 15.1 Å². The second-order valence-corrected chi connectivity index (χ2v) is 7.56. The van der Waals surface area contributed by atoms with Crippen LogP contribution in [0.4, 0.5) is 0 Å². The first-order valence-electron chi connectivity index (χ1n) is 10.2. The van der Waals surface area contributed by atoms with Gasteiger partial charge in [-0.3, -0.25) is 9.36 Å². The van der Waals surface area contributed by atoms with Gasteiger partial charge >= 0.3 is 5.97 Å². The summed E-state index contributed by atoms with van der Waals surface area (Å²) in [7, 11) is 0. The molecule has 4 rings (SSSR count).